The van der Waals surface area contributed by atoms with Crippen molar-refractivity contribution in [2.45, 2.75) is 64.3 Å². The molecule has 0 aromatic heterocycles. The average Bonchev–Trinajstić information content (AvgIpc) is 2.97. The summed E-state index contributed by atoms with van der Waals surface area (Å²) in [5.74, 6) is 1.01. The molecule has 1 fully saturated rings. The van der Waals surface area contributed by atoms with Crippen molar-refractivity contribution in [3.63, 3.8) is 0 Å². The molecule has 2 rings (SSSR count). The van der Waals surface area contributed by atoms with Crippen LogP contribution in [0.4, 0.5) is 0 Å². The molecular formula is C18H29N. The van der Waals surface area contributed by atoms with E-state index in [1.807, 2.05) is 0 Å². The Bertz CT molecular complexity index is 348. The normalized spacial score (nSPS) is 17.8. The third kappa shape index (κ3) is 4.65. The summed E-state index contributed by atoms with van der Waals surface area (Å²) in [6, 6.07) is 9.81. The van der Waals surface area contributed by atoms with E-state index < -0.39 is 0 Å². The predicted octanol–water partition coefficient (Wildman–Crippen LogP) is 4.35. The number of nitrogens with one attached hydrogen (secondary N) is 1. The van der Waals surface area contributed by atoms with Crippen molar-refractivity contribution >= 4 is 0 Å². The van der Waals surface area contributed by atoms with E-state index in [-0.39, 0.29) is 0 Å². The van der Waals surface area contributed by atoms with Crippen LogP contribution in [0.15, 0.2) is 24.3 Å². The first kappa shape index (κ1) is 14.6. The van der Waals surface area contributed by atoms with Gasteiger partial charge in [-0.3, -0.25) is 0 Å². The molecule has 1 saturated carbocycles. The van der Waals surface area contributed by atoms with Crippen LogP contribution < -0.4 is 5.32 Å². The summed E-state index contributed by atoms with van der Waals surface area (Å²) in [4.78, 5) is 0. The number of hydrogen-bond acceptors (Lipinski definition) is 1. The van der Waals surface area contributed by atoms with E-state index >= 15 is 0 Å². The lowest BCUT2D eigenvalue weighted by molar-refractivity contribution is 0.418. The number of benzene rings is 1. The zero-order chi connectivity index (χ0) is 13.5. The second kappa shape index (κ2) is 7.69. The Morgan fingerprint density at radius 3 is 2.32 bits per heavy atom. The lowest BCUT2D eigenvalue weighted by Crippen LogP contribution is -2.28. The second-order valence-corrected chi connectivity index (χ2v) is 6.09. The number of rotatable bonds is 7. The van der Waals surface area contributed by atoms with Crippen molar-refractivity contribution in [3.8, 4) is 0 Å². The molecule has 106 valence electrons. The molecule has 1 aromatic rings. The molecule has 1 aromatic carbocycles. The molecule has 0 spiro atoms. The van der Waals surface area contributed by atoms with Crippen LogP contribution in [0.3, 0.4) is 0 Å². The highest BCUT2D eigenvalue weighted by Crippen LogP contribution is 2.29. The lowest BCUT2D eigenvalue weighted by atomic mass is 9.95. The quantitative estimate of drug-likeness (QED) is 0.767. The molecule has 0 radical (unpaired) electrons. The molecule has 0 bridgehead atoms. The van der Waals surface area contributed by atoms with Crippen LogP contribution >= 0.6 is 0 Å². The number of hydrogen-bond donors (Lipinski definition) is 1. The molecule has 0 amide bonds. The van der Waals surface area contributed by atoms with E-state index in [4.69, 9.17) is 0 Å². The topological polar surface area (TPSA) is 12.0 Å². The largest absolute Gasteiger partial charge is 0.317 e. The monoisotopic (exact) mass is 259 g/mol. The van der Waals surface area contributed by atoms with Crippen LogP contribution in [-0.4, -0.2) is 13.1 Å². The minimum atomic E-state index is 0.646. The van der Waals surface area contributed by atoms with Gasteiger partial charge in [0.15, 0.2) is 0 Å². The summed E-state index contributed by atoms with van der Waals surface area (Å²) in [5, 5.41) is 3.50. The van der Waals surface area contributed by atoms with Gasteiger partial charge in [0.05, 0.1) is 0 Å². The lowest BCUT2D eigenvalue weighted by Gasteiger charge is -2.18. The van der Waals surface area contributed by atoms with Crippen LogP contribution in [0.2, 0.25) is 0 Å². The van der Waals surface area contributed by atoms with Gasteiger partial charge in [-0.1, -0.05) is 56.9 Å². The Kier molecular flexibility index (Phi) is 5.91. The Morgan fingerprint density at radius 2 is 1.74 bits per heavy atom. The molecule has 19 heavy (non-hydrogen) atoms. The molecule has 0 aliphatic heterocycles. The van der Waals surface area contributed by atoms with Gasteiger partial charge in [0.1, 0.15) is 0 Å². The molecule has 0 saturated heterocycles. The molecule has 1 aliphatic carbocycles. The van der Waals surface area contributed by atoms with Gasteiger partial charge in [-0.15, -0.1) is 0 Å². The maximum absolute atomic E-state index is 3.50. The van der Waals surface area contributed by atoms with Crippen molar-refractivity contribution < 1.29 is 0 Å². The minimum absolute atomic E-state index is 0.646. The Morgan fingerprint density at radius 1 is 1.11 bits per heavy atom. The smallest absolute Gasteiger partial charge is 0.0105 e. The van der Waals surface area contributed by atoms with Crippen LogP contribution in [0.5, 0.6) is 0 Å². The van der Waals surface area contributed by atoms with Crippen molar-refractivity contribution in [1.82, 2.24) is 5.32 Å². The van der Waals surface area contributed by atoms with Gasteiger partial charge in [-0.05, 0) is 49.8 Å². The van der Waals surface area contributed by atoms with E-state index in [0.717, 1.165) is 12.3 Å². The molecule has 0 heterocycles. The summed E-state index contributed by atoms with van der Waals surface area (Å²) in [6.07, 6.45) is 10.9. The Balaban J connectivity index is 1.79. The average molecular weight is 259 g/mol. The molecule has 1 heteroatoms. The summed E-state index contributed by atoms with van der Waals surface area (Å²) >= 11 is 0. The molecular weight excluding hydrogens is 230 g/mol. The fourth-order valence-corrected chi connectivity index (χ4v) is 3.28. The predicted molar refractivity (Wildman–Crippen MR) is 83.6 cm³/mol. The highest BCUT2D eigenvalue weighted by Gasteiger charge is 2.16. The van der Waals surface area contributed by atoms with Crippen molar-refractivity contribution in [2.75, 3.05) is 7.05 Å². The van der Waals surface area contributed by atoms with E-state index in [9.17, 15) is 0 Å². The van der Waals surface area contributed by atoms with Crippen molar-refractivity contribution in [2.24, 2.45) is 5.92 Å². The maximum Gasteiger partial charge on any atom is 0.0105 e. The van der Waals surface area contributed by atoms with E-state index in [2.05, 4.69) is 43.6 Å². The van der Waals surface area contributed by atoms with Gasteiger partial charge in [-0.2, -0.15) is 0 Å². The molecule has 1 nitrogen and oxygen atoms in total. The third-order valence-corrected chi connectivity index (χ3v) is 4.72. The SMILES string of the molecule is CCc1ccc(CC(CCC2CCCC2)NC)cc1. The summed E-state index contributed by atoms with van der Waals surface area (Å²) < 4.78 is 0. The van der Waals surface area contributed by atoms with Gasteiger partial charge in [0.25, 0.3) is 0 Å². The van der Waals surface area contributed by atoms with Crippen LogP contribution in [-0.2, 0) is 12.8 Å². The van der Waals surface area contributed by atoms with Gasteiger partial charge < -0.3 is 5.32 Å². The molecule has 1 N–H and O–H groups in total. The van der Waals surface area contributed by atoms with Crippen LogP contribution in [0, 0.1) is 5.92 Å². The fraction of sp³-hybridized carbons (Fsp3) is 0.667. The minimum Gasteiger partial charge on any atom is -0.317 e. The van der Waals surface area contributed by atoms with Gasteiger partial charge >= 0.3 is 0 Å². The molecule has 1 aliphatic rings. The van der Waals surface area contributed by atoms with Crippen molar-refractivity contribution in [3.05, 3.63) is 35.4 Å². The Labute approximate surface area is 118 Å². The highest BCUT2D eigenvalue weighted by molar-refractivity contribution is 5.23. The van der Waals surface area contributed by atoms with Gasteiger partial charge in [0, 0.05) is 6.04 Å². The van der Waals surface area contributed by atoms with E-state index in [1.165, 1.54) is 56.1 Å². The van der Waals surface area contributed by atoms with E-state index in [0.29, 0.717) is 6.04 Å². The molecule has 1 unspecified atom stereocenters. The number of likely N-dealkylation sites (N-methyl/N-ethyl adjacent to an activating group) is 1. The van der Waals surface area contributed by atoms with Crippen LogP contribution in [0.1, 0.15) is 56.6 Å². The second-order valence-electron chi connectivity index (χ2n) is 6.09. The zero-order valence-electron chi connectivity index (χ0n) is 12.6. The van der Waals surface area contributed by atoms with Crippen LogP contribution in [0.25, 0.3) is 0 Å². The number of aryl methyl sites for hydroxylation is 1. The summed E-state index contributed by atoms with van der Waals surface area (Å²) in [7, 11) is 2.11. The maximum atomic E-state index is 3.50. The highest BCUT2D eigenvalue weighted by atomic mass is 14.9. The Hall–Kier alpha value is -0.820. The van der Waals surface area contributed by atoms with Gasteiger partial charge in [0.2, 0.25) is 0 Å². The standard InChI is InChI=1S/C18H29N/c1-3-15-8-10-17(11-9-15)14-18(19-2)13-12-16-6-4-5-7-16/h8-11,16,18-19H,3-7,12-14H2,1-2H3. The van der Waals surface area contributed by atoms with Crippen molar-refractivity contribution in [1.29, 1.82) is 0 Å². The van der Waals surface area contributed by atoms with E-state index in [1.54, 1.807) is 0 Å². The fourth-order valence-electron chi connectivity index (χ4n) is 3.28. The molecule has 1 atom stereocenters. The van der Waals surface area contributed by atoms with Gasteiger partial charge in [-0.25, -0.2) is 0 Å². The first-order valence-corrected chi connectivity index (χ1v) is 8.07. The third-order valence-electron chi connectivity index (χ3n) is 4.72. The zero-order valence-corrected chi connectivity index (χ0v) is 12.6. The first-order valence-electron chi connectivity index (χ1n) is 8.07. The summed E-state index contributed by atoms with van der Waals surface area (Å²) in [5.41, 5.74) is 2.92. The first-order chi connectivity index (χ1) is 9.31. The summed E-state index contributed by atoms with van der Waals surface area (Å²) in [6.45, 7) is 2.22.